The lowest BCUT2D eigenvalue weighted by Crippen LogP contribution is -2.38. The number of likely N-dealkylation sites (N-methyl/N-ethyl adjacent to an activating group) is 1. The number of carbonyl (C=O) groups is 3. The first kappa shape index (κ1) is 25.1. The number of aromatic nitrogens is 4. The summed E-state index contributed by atoms with van der Waals surface area (Å²) in [5, 5.41) is 0.355. The van der Waals surface area contributed by atoms with Gasteiger partial charge in [0.05, 0.1) is 36.7 Å². The summed E-state index contributed by atoms with van der Waals surface area (Å²) >= 11 is 0. The highest BCUT2D eigenvalue weighted by Gasteiger charge is 2.30. The molecule has 0 aliphatic carbocycles. The summed E-state index contributed by atoms with van der Waals surface area (Å²) in [4.78, 5) is 50.3. The van der Waals surface area contributed by atoms with Gasteiger partial charge in [0.25, 0.3) is 17.6 Å². The number of imidazole rings is 1. The van der Waals surface area contributed by atoms with E-state index in [1.165, 1.54) is 50.5 Å². The third-order valence-electron chi connectivity index (χ3n) is 6.53. The fourth-order valence-corrected chi connectivity index (χ4v) is 4.60. The predicted octanol–water partition coefficient (Wildman–Crippen LogP) is 2.65. The Kier molecular flexibility index (Phi) is 6.17. The minimum Gasteiger partial charge on any atom is -0.480 e. The first-order valence-corrected chi connectivity index (χ1v) is 11.7. The van der Waals surface area contributed by atoms with E-state index < -0.39 is 23.3 Å². The van der Waals surface area contributed by atoms with E-state index in [-0.39, 0.29) is 41.6 Å². The van der Waals surface area contributed by atoms with Gasteiger partial charge >= 0.3 is 0 Å². The summed E-state index contributed by atoms with van der Waals surface area (Å²) in [6.07, 6.45) is 3.06. The van der Waals surface area contributed by atoms with Gasteiger partial charge in [-0.1, -0.05) is 0 Å². The fourth-order valence-electron chi connectivity index (χ4n) is 4.60. The number of hydrogen-bond acceptors (Lipinski definition) is 6. The highest BCUT2D eigenvalue weighted by atomic mass is 19.1. The van der Waals surface area contributed by atoms with Gasteiger partial charge in [-0.15, -0.1) is 0 Å². The summed E-state index contributed by atoms with van der Waals surface area (Å²) < 4.78 is 36.5. The predicted molar refractivity (Wildman–Crippen MR) is 133 cm³/mol. The number of ether oxygens (including phenoxy) is 1. The van der Waals surface area contributed by atoms with E-state index in [4.69, 9.17) is 4.74 Å². The molecule has 4 heterocycles. The van der Waals surface area contributed by atoms with E-state index >= 15 is 0 Å². The molecule has 0 unspecified atom stereocenters. The number of halogens is 2. The fraction of sp³-hybridized carbons (Fsp3) is 0.269. The number of benzene rings is 1. The van der Waals surface area contributed by atoms with Crippen LogP contribution in [0.25, 0.3) is 22.4 Å². The van der Waals surface area contributed by atoms with Gasteiger partial charge in [0.15, 0.2) is 0 Å². The van der Waals surface area contributed by atoms with Crippen LogP contribution in [0.3, 0.4) is 0 Å². The molecule has 1 aliphatic rings. The van der Waals surface area contributed by atoms with Crippen LogP contribution >= 0.6 is 0 Å². The Balaban J connectivity index is 1.49. The molecule has 38 heavy (non-hydrogen) atoms. The highest BCUT2D eigenvalue weighted by molar-refractivity contribution is 6.44. The number of hydrogen-bond donors (Lipinski definition) is 0. The van der Waals surface area contributed by atoms with E-state index in [2.05, 4.69) is 9.97 Å². The SMILES string of the molecule is COc1nc2c(cc1C(=O)N1CCn3c(cnc3-c3ccc(F)cc3F)C1)c(C(=O)C(=O)N(C)C)cn2C. The lowest BCUT2D eigenvalue weighted by atomic mass is 10.1. The molecule has 0 fully saturated rings. The van der Waals surface area contributed by atoms with E-state index in [1.807, 2.05) is 0 Å². The van der Waals surface area contributed by atoms with E-state index in [9.17, 15) is 23.2 Å². The van der Waals surface area contributed by atoms with Gasteiger partial charge in [0, 0.05) is 51.9 Å². The number of pyridine rings is 1. The number of methoxy groups -OCH3 is 1. The molecule has 5 rings (SSSR count). The molecule has 0 spiro atoms. The van der Waals surface area contributed by atoms with Gasteiger partial charge in [-0.2, -0.15) is 4.98 Å². The second kappa shape index (κ2) is 9.36. The van der Waals surface area contributed by atoms with Crippen molar-refractivity contribution in [2.75, 3.05) is 27.7 Å². The van der Waals surface area contributed by atoms with Gasteiger partial charge < -0.3 is 23.7 Å². The van der Waals surface area contributed by atoms with Crippen LogP contribution in [-0.2, 0) is 24.9 Å². The Morgan fingerprint density at radius 2 is 1.84 bits per heavy atom. The molecule has 12 heteroatoms. The van der Waals surface area contributed by atoms with Crippen molar-refractivity contribution in [1.82, 2.24) is 28.9 Å². The van der Waals surface area contributed by atoms with Crippen molar-refractivity contribution < 1.29 is 27.9 Å². The Hall–Kier alpha value is -4.61. The van der Waals surface area contributed by atoms with Crippen molar-refractivity contribution in [2.24, 2.45) is 7.05 Å². The average molecular weight is 523 g/mol. The monoisotopic (exact) mass is 522 g/mol. The lowest BCUT2D eigenvalue weighted by molar-refractivity contribution is -0.124. The Labute approximate surface area is 216 Å². The van der Waals surface area contributed by atoms with Gasteiger partial charge in [0.2, 0.25) is 5.88 Å². The maximum atomic E-state index is 14.4. The van der Waals surface area contributed by atoms with Crippen LogP contribution in [0.15, 0.2) is 36.7 Å². The largest absolute Gasteiger partial charge is 0.480 e. The van der Waals surface area contributed by atoms with Crippen LogP contribution in [0.2, 0.25) is 0 Å². The van der Waals surface area contributed by atoms with Gasteiger partial charge in [0.1, 0.15) is 28.7 Å². The quantitative estimate of drug-likeness (QED) is 0.295. The number of carbonyl (C=O) groups excluding carboxylic acids is 3. The molecule has 0 saturated heterocycles. The number of rotatable bonds is 5. The molecule has 3 aromatic heterocycles. The van der Waals surface area contributed by atoms with Gasteiger partial charge in [-0.25, -0.2) is 13.8 Å². The molecule has 0 saturated carbocycles. The summed E-state index contributed by atoms with van der Waals surface area (Å²) in [5.41, 5.74) is 1.49. The number of Topliss-reactive ketones (excluding diaryl/α,β-unsaturated/α-hetero) is 1. The molecule has 4 aromatic rings. The molecule has 0 bridgehead atoms. The number of aryl methyl sites for hydroxylation is 1. The van der Waals surface area contributed by atoms with Crippen LogP contribution in [0.4, 0.5) is 8.78 Å². The highest BCUT2D eigenvalue weighted by Crippen LogP contribution is 2.30. The molecule has 10 nitrogen and oxygen atoms in total. The zero-order chi connectivity index (χ0) is 27.3. The molecule has 0 radical (unpaired) electrons. The minimum atomic E-state index is -0.720. The number of fused-ring (bicyclic) bond motifs is 2. The molecule has 1 aliphatic heterocycles. The van der Waals surface area contributed by atoms with Crippen LogP contribution < -0.4 is 4.74 Å². The maximum absolute atomic E-state index is 14.4. The van der Waals surface area contributed by atoms with E-state index in [1.54, 1.807) is 27.3 Å². The Bertz CT molecular complexity index is 1620. The molecule has 196 valence electrons. The molecule has 0 N–H and O–H groups in total. The van der Waals surface area contributed by atoms with Crippen LogP contribution in [-0.4, -0.2) is 74.2 Å². The summed E-state index contributed by atoms with van der Waals surface area (Å²) in [6.45, 7) is 0.784. The van der Waals surface area contributed by atoms with E-state index in [0.29, 0.717) is 29.1 Å². The summed E-state index contributed by atoms with van der Waals surface area (Å²) in [5.74, 6) is -2.77. The molecule has 2 amide bonds. The summed E-state index contributed by atoms with van der Waals surface area (Å²) in [7, 11) is 6.04. The molecular formula is C26H24F2N6O4. The second-order valence-corrected chi connectivity index (χ2v) is 9.17. The lowest BCUT2D eigenvalue weighted by Gasteiger charge is -2.29. The third-order valence-corrected chi connectivity index (χ3v) is 6.53. The van der Waals surface area contributed by atoms with Crippen LogP contribution in [0, 0.1) is 11.6 Å². The first-order chi connectivity index (χ1) is 18.1. The van der Waals surface area contributed by atoms with Crippen molar-refractivity contribution in [3.05, 3.63) is 65.1 Å². The zero-order valence-corrected chi connectivity index (χ0v) is 21.2. The maximum Gasteiger partial charge on any atom is 0.294 e. The Morgan fingerprint density at radius 3 is 2.53 bits per heavy atom. The Morgan fingerprint density at radius 1 is 1.08 bits per heavy atom. The molecule has 1 aromatic carbocycles. The number of nitrogens with zero attached hydrogens (tertiary/aromatic N) is 6. The summed E-state index contributed by atoms with van der Waals surface area (Å²) in [6, 6.07) is 4.83. The first-order valence-electron chi connectivity index (χ1n) is 11.7. The normalized spacial score (nSPS) is 12.9. The minimum absolute atomic E-state index is 0.0785. The van der Waals surface area contributed by atoms with Crippen molar-refractivity contribution >= 4 is 28.6 Å². The van der Waals surface area contributed by atoms with Crippen molar-refractivity contribution in [1.29, 1.82) is 0 Å². The average Bonchev–Trinajstić information content (AvgIpc) is 3.46. The van der Waals surface area contributed by atoms with Crippen LogP contribution in [0.5, 0.6) is 5.88 Å². The van der Waals surface area contributed by atoms with Crippen molar-refractivity contribution in [3.8, 4) is 17.3 Å². The second-order valence-electron chi connectivity index (χ2n) is 9.17. The molecule has 0 atom stereocenters. The third kappa shape index (κ3) is 4.07. The smallest absolute Gasteiger partial charge is 0.294 e. The standard InChI is InChI=1S/C26H24F2N6O4/c1-31(2)26(37)21(35)19-13-32(3)23-17(19)10-18(24(30-23)38-4)25(36)33-7-8-34-15(12-33)11-29-22(34)16-6-5-14(27)9-20(16)28/h5-6,9-11,13H,7-8,12H2,1-4H3. The van der Waals surface area contributed by atoms with E-state index in [0.717, 1.165) is 6.07 Å². The van der Waals surface area contributed by atoms with Crippen molar-refractivity contribution in [3.63, 3.8) is 0 Å². The topological polar surface area (TPSA) is 103 Å². The van der Waals surface area contributed by atoms with Gasteiger partial charge in [-0.05, 0) is 18.2 Å². The van der Waals surface area contributed by atoms with Crippen molar-refractivity contribution in [2.45, 2.75) is 13.1 Å². The van der Waals surface area contributed by atoms with Gasteiger partial charge in [-0.3, -0.25) is 14.4 Å². The number of amides is 2. The zero-order valence-electron chi connectivity index (χ0n) is 21.2. The molecular weight excluding hydrogens is 498 g/mol. The van der Waals surface area contributed by atoms with Crippen LogP contribution in [0.1, 0.15) is 26.4 Å². The number of ketones is 1.